The van der Waals surface area contributed by atoms with Crippen LogP contribution in [0.2, 0.25) is 0 Å². The molecule has 5 heteroatoms. The molecular formula is C14H16INO3. The SMILES string of the molecule is CC1CC(C(=O)O)CN(C(=O)c2ccc(I)cc2)C1. The first-order chi connectivity index (χ1) is 8.97. The molecule has 1 aliphatic heterocycles. The number of nitrogens with zero attached hydrogens (tertiary/aromatic N) is 1. The first-order valence-corrected chi connectivity index (χ1v) is 7.33. The summed E-state index contributed by atoms with van der Waals surface area (Å²) in [6, 6.07) is 7.35. The Morgan fingerprint density at radius 1 is 1.26 bits per heavy atom. The molecule has 1 N–H and O–H groups in total. The van der Waals surface area contributed by atoms with Crippen LogP contribution in [0.5, 0.6) is 0 Å². The number of rotatable bonds is 2. The van der Waals surface area contributed by atoms with Crippen molar-refractivity contribution in [3.05, 3.63) is 33.4 Å². The van der Waals surface area contributed by atoms with Crippen LogP contribution in [0.25, 0.3) is 0 Å². The van der Waals surface area contributed by atoms with Crippen LogP contribution in [0, 0.1) is 15.4 Å². The highest BCUT2D eigenvalue weighted by Crippen LogP contribution is 2.23. The van der Waals surface area contributed by atoms with Crippen molar-refractivity contribution in [1.29, 1.82) is 0 Å². The third kappa shape index (κ3) is 3.46. The fraction of sp³-hybridized carbons (Fsp3) is 0.429. The van der Waals surface area contributed by atoms with Crippen LogP contribution < -0.4 is 0 Å². The third-order valence-electron chi connectivity index (χ3n) is 3.39. The van der Waals surface area contributed by atoms with Crippen LogP contribution in [0.15, 0.2) is 24.3 Å². The van der Waals surface area contributed by atoms with Gasteiger partial charge in [-0.05, 0) is 59.2 Å². The Kier molecular flexibility index (Phi) is 4.44. The van der Waals surface area contributed by atoms with Crippen LogP contribution in [0.4, 0.5) is 0 Å². The fourth-order valence-electron chi connectivity index (χ4n) is 2.47. The zero-order chi connectivity index (χ0) is 14.0. The second-order valence-corrected chi connectivity index (χ2v) is 6.34. The van der Waals surface area contributed by atoms with Gasteiger partial charge in [0.15, 0.2) is 0 Å². The van der Waals surface area contributed by atoms with Crippen molar-refractivity contribution >= 4 is 34.5 Å². The number of likely N-dealkylation sites (tertiary alicyclic amines) is 1. The lowest BCUT2D eigenvalue weighted by Crippen LogP contribution is -2.45. The molecule has 0 aliphatic carbocycles. The van der Waals surface area contributed by atoms with Gasteiger partial charge in [0.1, 0.15) is 0 Å². The lowest BCUT2D eigenvalue weighted by molar-refractivity contribution is -0.143. The van der Waals surface area contributed by atoms with Crippen molar-refractivity contribution in [2.24, 2.45) is 11.8 Å². The monoisotopic (exact) mass is 373 g/mol. The lowest BCUT2D eigenvalue weighted by atomic mass is 9.90. The van der Waals surface area contributed by atoms with Gasteiger partial charge in [-0.1, -0.05) is 6.92 Å². The maximum absolute atomic E-state index is 12.4. The fourth-order valence-corrected chi connectivity index (χ4v) is 2.83. The van der Waals surface area contributed by atoms with Crippen molar-refractivity contribution in [2.45, 2.75) is 13.3 Å². The molecule has 1 aromatic rings. The summed E-state index contributed by atoms with van der Waals surface area (Å²) in [5.41, 5.74) is 0.624. The molecule has 2 unspecified atom stereocenters. The van der Waals surface area contributed by atoms with Crippen molar-refractivity contribution in [3.8, 4) is 0 Å². The van der Waals surface area contributed by atoms with Crippen LogP contribution in [-0.4, -0.2) is 35.0 Å². The Morgan fingerprint density at radius 2 is 1.89 bits per heavy atom. The van der Waals surface area contributed by atoms with Gasteiger partial charge in [-0.15, -0.1) is 0 Å². The van der Waals surface area contributed by atoms with Gasteiger partial charge in [0.25, 0.3) is 5.91 Å². The molecule has 0 aromatic heterocycles. The molecule has 1 amide bonds. The summed E-state index contributed by atoms with van der Waals surface area (Å²) in [6.45, 7) is 2.93. The predicted octanol–water partition coefficient (Wildman–Crippen LogP) is 2.47. The van der Waals surface area contributed by atoms with Crippen molar-refractivity contribution in [2.75, 3.05) is 13.1 Å². The van der Waals surface area contributed by atoms with E-state index in [1.807, 2.05) is 19.1 Å². The summed E-state index contributed by atoms with van der Waals surface area (Å²) < 4.78 is 1.07. The van der Waals surface area contributed by atoms with E-state index in [9.17, 15) is 9.59 Å². The van der Waals surface area contributed by atoms with Gasteiger partial charge in [0.05, 0.1) is 5.92 Å². The van der Waals surface area contributed by atoms with E-state index in [2.05, 4.69) is 22.6 Å². The average Bonchev–Trinajstić information content (AvgIpc) is 2.38. The molecule has 1 saturated heterocycles. The summed E-state index contributed by atoms with van der Waals surface area (Å²) in [6.07, 6.45) is 0.645. The number of hydrogen-bond acceptors (Lipinski definition) is 2. The number of benzene rings is 1. The van der Waals surface area contributed by atoms with Gasteiger partial charge in [-0.2, -0.15) is 0 Å². The highest BCUT2D eigenvalue weighted by Gasteiger charge is 2.32. The molecule has 102 valence electrons. The molecular weight excluding hydrogens is 357 g/mol. The smallest absolute Gasteiger partial charge is 0.308 e. The lowest BCUT2D eigenvalue weighted by Gasteiger charge is -2.34. The van der Waals surface area contributed by atoms with Gasteiger partial charge in [-0.3, -0.25) is 9.59 Å². The van der Waals surface area contributed by atoms with E-state index < -0.39 is 11.9 Å². The normalized spacial score (nSPS) is 23.2. The number of carboxylic acids is 1. The maximum Gasteiger partial charge on any atom is 0.308 e. The standard InChI is InChI=1S/C14H16INO3/c1-9-6-11(14(18)19)8-16(7-9)13(17)10-2-4-12(15)5-3-10/h2-5,9,11H,6-8H2,1H3,(H,18,19). The van der Waals surface area contributed by atoms with Gasteiger partial charge in [-0.25, -0.2) is 0 Å². The van der Waals surface area contributed by atoms with Gasteiger partial charge >= 0.3 is 5.97 Å². The summed E-state index contributed by atoms with van der Waals surface area (Å²) in [7, 11) is 0. The summed E-state index contributed by atoms with van der Waals surface area (Å²) in [5, 5.41) is 9.12. The van der Waals surface area contributed by atoms with E-state index in [-0.39, 0.29) is 11.8 Å². The Morgan fingerprint density at radius 3 is 2.47 bits per heavy atom. The topological polar surface area (TPSA) is 57.6 Å². The molecule has 0 radical (unpaired) electrons. The molecule has 0 spiro atoms. The van der Waals surface area contributed by atoms with Gasteiger partial charge < -0.3 is 10.0 Å². The quantitative estimate of drug-likeness (QED) is 0.811. The van der Waals surface area contributed by atoms with Crippen molar-refractivity contribution in [1.82, 2.24) is 4.90 Å². The van der Waals surface area contributed by atoms with Gasteiger partial charge in [0.2, 0.25) is 0 Å². The second-order valence-electron chi connectivity index (χ2n) is 5.09. The minimum absolute atomic E-state index is 0.0748. The molecule has 2 atom stereocenters. The molecule has 1 aromatic carbocycles. The van der Waals surface area contributed by atoms with Gasteiger partial charge in [0, 0.05) is 22.2 Å². The van der Waals surface area contributed by atoms with Crippen LogP contribution in [0.3, 0.4) is 0 Å². The first-order valence-electron chi connectivity index (χ1n) is 6.25. The Labute approximate surface area is 125 Å². The molecule has 2 rings (SSSR count). The number of carbonyl (C=O) groups is 2. The number of aliphatic carboxylic acids is 1. The third-order valence-corrected chi connectivity index (χ3v) is 4.11. The number of carbonyl (C=O) groups excluding carboxylic acids is 1. The minimum Gasteiger partial charge on any atom is -0.481 e. The molecule has 0 bridgehead atoms. The Balaban J connectivity index is 2.14. The number of amides is 1. The number of hydrogen-bond donors (Lipinski definition) is 1. The van der Waals surface area contributed by atoms with E-state index >= 15 is 0 Å². The van der Waals surface area contributed by atoms with E-state index in [0.717, 1.165) is 3.57 Å². The van der Waals surface area contributed by atoms with Crippen LogP contribution >= 0.6 is 22.6 Å². The van der Waals surface area contributed by atoms with E-state index in [0.29, 0.717) is 25.1 Å². The van der Waals surface area contributed by atoms with E-state index in [4.69, 9.17) is 5.11 Å². The molecule has 19 heavy (non-hydrogen) atoms. The Bertz CT molecular complexity index is 486. The predicted molar refractivity (Wildman–Crippen MR) is 80.0 cm³/mol. The number of carboxylic acid groups (broad SMARTS) is 1. The maximum atomic E-state index is 12.4. The van der Waals surface area contributed by atoms with Crippen molar-refractivity contribution in [3.63, 3.8) is 0 Å². The van der Waals surface area contributed by atoms with Crippen LogP contribution in [0.1, 0.15) is 23.7 Å². The second kappa shape index (κ2) is 5.90. The molecule has 0 saturated carbocycles. The highest BCUT2D eigenvalue weighted by molar-refractivity contribution is 14.1. The molecule has 1 aliphatic rings. The number of halogens is 1. The largest absolute Gasteiger partial charge is 0.481 e. The molecule has 1 heterocycles. The highest BCUT2D eigenvalue weighted by atomic mass is 127. The van der Waals surface area contributed by atoms with Crippen molar-refractivity contribution < 1.29 is 14.7 Å². The average molecular weight is 373 g/mol. The zero-order valence-corrected chi connectivity index (χ0v) is 12.8. The number of piperidine rings is 1. The van der Waals surface area contributed by atoms with Crippen LogP contribution in [-0.2, 0) is 4.79 Å². The van der Waals surface area contributed by atoms with E-state index in [1.165, 1.54) is 0 Å². The molecule has 4 nitrogen and oxygen atoms in total. The zero-order valence-electron chi connectivity index (χ0n) is 10.7. The summed E-state index contributed by atoms with van der Waals surface area (Å²) in [4.78, 5) is 25.1. The summed E-state index contributed by atoms with van der Waals surface area (Å²) in [5.74, 6) is -1.11. The minimum atomic E-state index is -0.813. The van der Waals surface area contributed by atoms with E-state index in [1.54, 1.807) is 17.0 Å². The Hall–Kier alpha value is -1.11. The first kappa shape index (κ1) is 14.3. The molecule has 1 fully saturated rings. The summed E-state index contributed by atoms with van der Waals surface area (Å²) >= 11 is 2.19.